The van der Waals surface area contributed by atoms with Gasteiger partial charge in [-0.2, -0.15) is 0 Å². The molecule has 0 unspecified atom stereocenters. The summed E-state index contributed by atoms with van der Waals surface area (Å²) in [5, 5.41) is 21.2. The number of hydrogen-bond donors (Lipinski definition) is 2. The number of phenolic OH excluding ortho intramolecular Hbond substituents is 1. The maximum absolute atomic E-state index is 12.7. The lowest BCUT2D eigenvalue weighted by Gasteiger charge is -2.11. The Labute approximate surface area is 213 Å². The summed E-state index contributed by atoms with van der Waals surface area (Å²) in [6, 6.07) is 10.2. The van der Waals surface area contributed by atoms with Gasteiger partial charge in [-0.3, -0.25) is 19.6 Å². The third-order valence-corrected chi connectivity index (χ3v) is 6.71. The van der Waals surface area contributed by atoms with Crippen molar-refractivity contribution >= 4 is 68.0 Å². The number of halogens is 3. The molecule has 35 heavy (non-hydrogen) atoms. The number of anilines is 1. The third-order valence-electron chi connectivity index (χ3n) is 4.46. The highest BCUT2D eigenvalue weighted by molar-refractivity contribution is 7.92. The Balaban J connectivity index is 1.78. The number of nitro benzene ring substituents is 1. The fourth-order valence-electron chi connectivity index (χ4n) is 2.78. The molecule has 10 nitrogen and oxygen atoms in total. The fraction of sp³-hybridized carbons (Fsp3) is 0.0476. The molecule has 0 fully saturated rings. The van der Waals surface area contributed by atoms with Gasteiger partial charge in [-0.25, -0.2) is 13.2 Å². The highest BCUT2D eigenvalue weighted by atomic mass is 35.5. The van der Waals surface area contributed by atoms with Crippen LogP contribution in [0, 0.1) is 10.1 Å². The van der Waals surface area contributed by atoms with E-state index in [2.05, 4.69) is 4.72 Å². The number of nitrogens with zero attached hydrogens (tertiary/aromatic N) is 1. The third kappa shape index (κ3) is 6.20. The van der Waals surface area contributed by atoms with Crippen LogP contribution in [-0.4, -0.2) is 36.8 Å². The maximum Gasteiger partial charge on any atom is 0.342 e. The topological polar surface area (TPSA) is 153 Å². The molecule has 0 amide bonds. The van der Waals surface area contributed by atoms with Crippen LogP contribution in [0.1, 0.15) is 20.7 Å². The van der Waals surface area contributed by atoms with Gasteiger partial charge < -0.3 is 9.84 Å². The van der Waals surface area contributed by atoms with Crippen LogP contribution in [0.5, 0.6) is 5.75 Å². The number of aromatic hydroxyl groups is 1. The molecule has 0 aromatic heterocycles. The van der Waals surface area contributed by atoms with Crippen molar-refractivity contribution in [2.45, 2.75) is 4.90 Å². The summed E-state index contributed by atoms with van der Waals surface area (Å²) in [5.41, 5.74) is -1.16. The van der Waals surface area contributed by atoms with E-state index < -0.39 is 55.2 Å². The minimum atomic E-state index is -4.34. The second kappa shape index (κ2) is 10.5. The van der Waals surface area contributed by atoms with E-state index in [1.165, 1.54) is 18.2 Å². The van der Waals surface area contributed by atoms with Crippen LogP contribution in [0.25, 0.3) is 0 Å². The van der Waals surface area contributed by atoms with Crippen molar-refractivity contribution in [2.24, 2.45) is 0 Å². The van der Waals surface area contributed by atoms with E-state index in [1.54, 1.807) is 0 Å². The number of ketones is 1. The molecule has 0 aliphatic rings. The number of sulfonamides is 1. The van der Waals surface area contributed by atoms with Gasteiger partial charge in [0.2, 0.25) is 5.78 Å². The lowest BCUT2D eigenvalue weighted by molar-refractivity contribution is -0.384. The number of ether oxygens (including phenoxy) is 1. The number of nitrogens with one attached hydrogen (secondary N) is 1. The molecule has 0 aliphatic heterocycles. The zero-order valence-corrected chi connectivity index (χ0v) is 20.3. The second-order valence-electron chi connectivity index (χ2n) is 6.83. The van der Waals surface area contributed by atoms with Gasteiger partial charge in [0.15, 0.2) is 6.61 Å². The number of hydrogen-bond acceptors (Lipinski definition) is 8. The molecule has 3 rings (SSSR count). The standard InChI is InChI=1S/C21H13Cl3N2O8S/c22-11-1-4-14(17(24)7-11)20(28)10-34-21(29)15-8-12(2-6-19(15)27)25-35(32,33)13-3-5-16(23)18(9-13)26(30)31/h1-9,25,27H,10H2. The number of benzene rings is 3. The molecule has 2 N–H and O–H groups in total. The first-order valence-electron chi connectivity index (χ1n) is 9.34. The summed E-state index contributed by atoms with van der Waals surface area (Å²) in [5.74, 6) is -2.30. The molecule has 0 saturated carbocycles. The normalized spacial score (nSPS) is 11.1. The van der Waals surface area contributed by atoms with Crippen LogP contribution in [0.4, 0.5) is 11.4 Å². The molecular formula is C21H13Cl3N2O8S. The lowest BCUT2D eigenvalue weighted by Crippen LogP contribution is -2.16. The number of nitro groups is 1. The first kappa shape index (κ1) is 26.2. The van der Waals surface area contributed by atoms with E-state index in [1.807, 2.05) is 0 Å². The second-order valence-corrected chi connectivity index (χ2v) is 9.76. The number of carbonyl (C=O) groups excluding carboxylic acids is 2. The summed E-state index contributed by atoms with van der Waals surface area (Å²) < 4.78 is 32.4. The van der Waals surface area contributed by atoms with Crippen molar-refractivity contribution < 1.29 is 32.8 Å². The number of esters is 1. The summed E-state index contributed by atoms with van der Waals surface area (Å²) in [4.78, 5) is 34.5. The fourth-order valence-corrected chi connectivity index (χ4v) is 4.55. The average Bonchev–Trinajstić information content (AvgIpc) is 2.78. The van der Waals surface area contributed by atoms with Crippen LogP contribution in [0.2, 0.25) is 15.1 Å². The van der Waals surface area contributed by atoms with E-state index in [9.17, 15) is 33.2 Å². The minimum Gasteiger partial charge on any atom is -0.507 e. The SMILES string of the molecule is O=C(OCC(=O)c1ccc(Cl)cc1Cl)c1cc(NS(=O)(=O)c2ccc(Cl)c([N+](=O)[O-])c2)ccc1O. The number of rotatable bonds is 8. The number of Topliss-reactive ketones (excluding diaryl/α,β-unsaturated/α-hetero) is 1. The van der Waals surface area contributed by atoms with E-state index in [-0.39, 0.29) is 21.3 Å². The van der Waals surface area contributed by atoms with Crippen LogP contribution >= 0.6 is 34.8 Å². The monoisotopic (exact) mass is 558 g/mol. The molecule has 0 radical (unpaired) electrons. The van der Waals surface area contributed by atoms with Gasteiger partial charge in [-0.1, -0.05) is 34.8 Å². The van der Waals surface area contributed by atoms with E-state index in [0.717, 1.165) is 36.4 Å². The Kier molecular flexibility index (Phi) is 7.86. The van der Waals surface area contributed by atoms with Crippen LogP contribution in [-0.2, 0) is 14.8 Å². The average molecular weight is 560 g/mol. The van der Waals surface area contributed by atoms with Gasteiger partial charge >= 0.3 is 5.97 Å². The van der Waals surface area contributed by atoms with Crippen molar-refractivity contribution in [3.8, 4) is 5.75 Å². The highest BCUT2D eigenvalue weighted by Crippen LogP contribution is 2.29. The molecule has 3 aromatic rings. The first-order chi connectivity index (χ1) is 16.4. The Morgan fingerprint density at radius 3 is 2.34 bits per heavy atom. The number of phenols is 1. The van der Waals surface area contributed by atoms with E-state index >= 15 is 0 Å². The molecule has 0 aliphatic carbocycles. The van der Waals surface area contributed by atoms with Crippen molar-refractivity contribution in [3.63, 3.8) is 0 Å². The number of carbonyl (C=O) groups is 2. The van der Waals surface area contributed by atoms with E-state index in [4.69, 9.17) is 39.5 Å². The highest BCUT2D eigenvalue weighted by Gasteiger charge is 2.23. The molecule has 14 heteroatoms. The molecule has 0 saturated heterocycles. The molecular weight excluding hydrogens is 547 g/mol. The van der Waals surface area contributed by atoms with Crippen molar-refractivity contribution in [1.82, 2.24) is 0 Å². The minimum absolute atomic E-state index is 0.0558. The molecule has 0 atom stereocenters. The van der Waals surface area contributed by atoms with Crippen LogP contribution in [0.15, 0.2) is 59.5 Å². The Morgan fingerprint density at radius 2 is 1.69 bits per heavy atom. The Hall–Kier alpha value is -3.38. The first-order valence-corrected chi connectivity index (χ1v) is 12.0. The largest absolute Gasteiger partial charge is 0.507 e. The van der Waals surface area contributed by atoms with Gasteiger partial charge in [0.05, 0.1) is 14.8 Å². The van der Waals surface area contributed by atoms with E-state index in [0.29, 0.717) is 5.02 Å². The quantitative estimate of drug-likeness (QED) is 0.127. The predicted octanol–water partition coefficient (Wildman–Crippen LogP) is 5.10. The zero-order valence-electron chi connectivity index (χ0n) is 17.2. The lowest BCUT2D eigenvalue weighted by atomic mass is 10.1. The summed E-state index contributed by atoms with van der Waals surface area (Å²) >= 11 is 17.4. The Morgan fingerprint density at radius 1 is 0.971 bits per heavy atom. The van der Waals surface area contributed by atoms with Crippen molar-refractivity contribution in [3.05, 3.63) is 90.9 Å². The maximum atomic E-state index is 12.7. The van der Waals surface area contributed by atoms with Gasteiger partial charge in [-0.05, 0) is 48.5 Å². The van der Waals surface area contributed by atoms with Crippen LogP contribution in [0.3, 0.4) is 0 Å². The molecule has 182 valence electrons. The van der Waals surface area contributed by atoms with Crippen molar-refractivity contribution in [1.29, 1.82) is 0 Å². The summed E-state index contributed by atoms with van der Waals surface area (Å²) in [6.07, 6.45) is 0. The summed E-state index contributed by atoms with van der Waals surface area (Å²) in [6.45, 7) is -0.718. The van der Waals surface area contributed by atoms with Crippen LogP contribution < -0.4 is 4.72 Å². The molecule has 3 aromatic carbocycles. The zero-order chi connectivity index (χ0) is 25.9. The van der Waals surface area contributed by atoms with Gasteiger partial charge in [0, 0.05) is 22.3 Å². The molecule has 0 heterocycles. The molecule has 0 bridgehead atoms. The smallest absolute Gasteiger partial charge is 0.342 e. The predicted molar refractivity (Wildman–Crippen MR) is 128 cm³/mol. The van der Waals surface area contributed by atoms with Crippen molar-refractivity contribution in [2.75, 3.05) is 11.3 Å². The van der Waals surface area contributed by atoms with Gasteiger partial charge in [0.1, 0.15) is 16.3 Å². The van der Waals surface area contributed by atoms with Gasteiger partial charge in [0.25, 0.3) is 15.7 Å². The summed E-state index contributed by atoms with van der Waals surface area (Å²) in [7, 11) is -4.34. The Bertz CT molecular complexity index is 1460. The molecule has 0 spiro atoms. The van der Waals surface area contributed by atoms with Gasteiger partial charge in [-0.15, -0.1) is 0 Å².